The smallest absolute Gasteiger partial charge is 1.00 e. The van der Waals surface area contributed by atoms with Crippen LogP contribution in [0.5, 0.6) is 11.5 Å². The maximum Gasteiger partial charge on any atom is 1.00 e. The number of aryl methyl sites for hydroxylation is 2. The van der Waals surface area contributed by atoms with Crippen LogP contribution in [-0.2, 0) is 11.3 Å². The monoisotopic (exact) mass is 2070 g/mol. The summed E-state index contributed by atoms with van der Waals surface area (Å²) in [5, 5.41) is 0. The molecule has 3 aromatic heterocycles. The van der Waals surface area contributed by atoms with Gasteiger partial charge in [0.1, 0.15) is 34.8 Å². The molecule has 0 spiro atoms. The molecule has 0 radical (unpaired) electrons. The average molecular weight is 2070 g/mol. The van der Waals surface area contributed by atoms with Gasteiger partial charge in [-0.1, -0.05) is 24.3 Å². The van der Waals surface area contributed by atoms with Gasteiger partial charge in [0, 0.05) is 31.5 Å². The number of hydrogen-bond donors (Lipinski definition) is 0. The zero-order valence-electron chi connectivity index (χ0n) is 42.5. The number of ether oxygens (including phenoxy) is 2. The molecule has 76 heavy (non-hydrogen) atoms. The summed E-state index contributed by atoms with van der Waals surface area (Å²) < 4.78 is 44.0. The van der Waals surface area contributed by atoms with Crippen LogP contribution in [0.3, 0.4) is 0 Å². The first-order valence-electron chi connectivity index (χ1n) is 23.0. The van der Waals surface area contributed by atoms with E-state index in [1.807, 2.05) is 76.3 Å². The van der Waals surface area contributed by atoms with E-state index >= 15 is 0 Å². The van der Waals surface area contributed by atoms with Crippen molar-refractivity contribution in [2.75, 3.05) is 20.8 Å². The van der Waals surface area contributed by atoms with E-state index in [0.717, 1.165) is 118 Å². The molecule has 400 valence electrons. The van der Waals surface area contributed by atoms with Crippen LogP contribution in [0.2, 0.25) is 0 Å². The minimum Gasteiger partial charge on any atom is -1.00 e. The third-order valence-electron chi connectivity index (χ3n) is 12.2. The number of hydrogen-bond acceptors (Lipinski definition) is 8. The Hall–Kier alpha value is 0.466. The van der Waals surface area contributed by atoms with Crippen molar-refractivity contribution in [2.24, 2.45) is 4.99 Å². The topological polar surface area (TPSA) is 122 Å². The summed E-state index contributed by atoms with van der Waals surface area (Å²) in [4.78, 5) is 44.5. The molecule has 10 rings (SSSR count). The van der Waals surface area contributed by atoms with Gasteiger partial charge in [-0.05, 0) is 146 Å². The van der Waals surface area contributed by atoms with E-state index in [-0.39, 0.29) is 106 Å². The van der Waals surface area contributed by atoms with E-state index in [2.05, 4.69) is 130 Å². The summed E-state index contributed by atoms with van der Waals surface area (Å²) in [6.45, 7) is 5.45. The van der Waals surface area contributed by atoms with Crippen molar-refractivity contribution in [1.82, 2.24) is 33.6 Å². The molecule has 24 heteroatoms. The molecule has 0 N–H and O–H groups in total. The van der Waals surface area contributed by atoms with E-state index in [1.165, 1.54) is 30.3 Å². The van der Waals surface area contributed by atoms with Gasteiger partial charge < -0.3 is 29.5 Å². The molecule has 6 heterocycles. The van der Waals surface area contributed by atoms with Gasteiger partial charge in [0.2, 0.25) is 5.91 Å². The van der Waals surface area contributed by atoms with Gasteiger partial charge in [0.15, 0.2) is 0 Å². The number of piperidine rings is 1. The molecule has 3 aliphatic rings. The Morgan fingerprint density at radius 3 is 1.79 bits per heavy atom. The minimum atomic E-state index is -0.324. The summed E-state index contributed by atoms with van der Waals surface area (Å²) >= 11 is 14.6. The second kappa shape index (κ2) is 30.9. The van der Waals surface area contributed by atoms with Crippen molar-refractivity contribution < 1.29 is 89.1 Å². The average Bonchev–Trinajstić information content (AvgIpc) is 4.06. The maximum atomic E-state index is 13.4. The molecule has 3 aliphatic heterocycles. The van der Waals surface area contributed by atoms with Crippen LogP contribution in [0, 0.1) is 25.5 Å². The zero-order valence-corrected chi connectivity index (χ0v) is 64.1. The Bertz CT molecular complexity index is 3330. The number of fused-ring (bicyclic) bond motifs is 2. The van der Waals surface area contributed by atoms with Crippen molar-refractivity contribution in [2.45, 2.75) is 58.5 Å². The van der Waals surface area contributed by atoms with Crippen LogP contribution in [0.25, 0.3) is 40.4 Å². The number of carbonyl (C=O) groups is 1. The first-order valence-corrected chi connectivity index (χ1v) is 73.3. The number of carbonyl (C=O) groups excluding carboxylic acids is 1. The number of rotatable bonds is 11. The number of imidazole rings is 2. The second-order valence-electron chi connectivity index (χ2n) is 17.0. The Labute approximate surface area is 553 Å². The molecule has 0 saturated carbocycles. The van der Waals surface area contributed by atoms with Crippen molar-refractivity contribution in [3.63, 3.8) is 0 Å². The Morgan fingerprint density at radius 2 is 1.28 bits per heavy atom. The molecule has 0 bridgehead atoms. The predicted molar refractivity (Wildman–Crippen MR) is 364 cm³/mol. The third-order valence-corrected chi connectivity index (χ3v) is 425. The van der Waals surface area contributed by atoms with Gasteiger partial charge in [-0.25, -0.2) is 18.7 Å². The minimum absolute atomic E-state index is 0. The number of methoxy groups -OCH3 is 2. The number of benzene rings is 4. The van der Waals surface area contributed by atoms with Crippen molar-refractivity contribution in [3.8, 4) is 34.1 Å². The van der Waals surface area contributed by atoms with Crippen molar-refractivity contribution in [1.29, 1.82) is 0 Å². The van der Waals surface area contributed by atoms with Crippen LogP contribution >= 0.6 is 117 Å². The number of halogens is 11. The van der Waals surface area contributed by atoms with E-state index in [1.54, 1.807) is 51.1 Å². The second-order valence-corrected chi connectivity index (χ2v) is 180. The number of aromatic nitrogens is 6. The zero-order chi connectivity index (χ0) is 53.3. The van der Waals surface area contributed by atoms with E-state index in [4.69, 9.17) is 9.47 Å². The van der Waals surface area contributed by atoms with E-state index < -0.39 is 0 Å². The van der Waals surface area contributed by atoms with E-state index in [0.29, 0.717) is 25.5 Å². The van der Waals surface area contributed by atoms with Crippen molar-refractivity contribution in [3.05, 3.63) is 178 Å². The summed E-state index contributed by atoms with van der Waals surface area (Å²) in [5.41, 5.74) is 9.77. The number of amidine groups is 1. The third kappa shape index (κ3) is 16.8. The van der Waals surface area contributed by atoms with Gasteiger partial charge in [-0.15, -0.1) is 0 Å². The van der Waals surface area contributed by atoms with Crippen molar-refractivity contribution >= 4 is 146 Å². The molecule has 12 nitrogen and oxygen atoms in total. The fraction of sp³-hybridized carbons (Fsp3) is 0.231. The Kier molecular flexibility index (Phi) is 26.0. The standard InChI is InChI=1S/C26H25FN4O2.C26H23FN4O2.I9.K.H/c2*1-17-15-30(16-28-17)22-10-5-18(13-24(22)33-2)12-20-4-3-11-31-23(14-25(32)29-26(20)31)19-6-8-21(27)9-7-19;1-6-8(4)9(5)7(2)3;;/h5-10,12-13,15-16,23H,3-4,11,14H2,1-2H3;5-10,12-16H,3-4,11H2,1-2H3;;;/q;;-1;+1;-1/b2*20-12+;;;. The molecule has 4 aromatic carbocycles. The van der Waals surface area contributed by atoms with Gasteiger partial charge in [-0.2, -0.15) is 9.98 Å². The fourth-order valence-electron chi connectivity index (χ4n) is 8.90. The number of amides is 1. The summed E-state index contributed by atoms with van der Waals surface area (Å²) in [5.74, 6) is 2.10. The summed E-state index contributed by atoms with van der Waals surface area (Å²) in [6.07, 6.45) is 15.4. The SMILES string of the molecule is COc1cc(/C=C2\CCCN3C2=NC(=O)CC3c2ccc(F)cc2)ccc1-n1cnc(C)c1.COc1cc(/C=C2\CCCn3c(-c4ccc(F)cc4)cc(=O)nc32)ccc1-n1cnc(C)c1.I[I-]I(I)I(I)I(I)I.[H-].[K+]. The molecule has 1 saturated heterocycles. The normalized spacial score (nSPS) is 16.5. The molecule has 1 atom stereocenters. The molecule has 0 aliphatic carbocycles. The fourth-order valence-corrected chi connectivity index (χ4v) is 638. The number of nitrogens with zero attached hydrogens (tertiary/aromatic N) is 8. The summed E-state index contributed by atoms with van der Waals surface area (Å²) in [6, 6.07) is 26.0. The quantitative estimate of drug-likeness (QED) is 0.0927. The van der Waals surface area contributed by atoms with Gasteiger partial charge in [0.05, 0.1) is 67.8 Å². The molecule has 1 fully saturated rings. The number of allylic oxidation sites excluding steroid dienone is 1. The first kappa shape index (κ1) is 64.0. The number of aliphatic imine (C=N–C) groups is 1. The first-order chi connectivity index (χ1) is 36.1. The maximum absolute atomic E-state index is 13.4. The molecule has 7 aromatic rings. The van der Waals surface area contributed by atoms with Crippen LogP contribution in [0.1, 0.15) is 73.5 Å². The predicted octanol–water partition coefficient (Wildman–Crippen LogP) is 11.0. The van der Waals surface area contributed by atoms with Gasteiger partial charge in [-0.3, -0.25) is 9.59 Å². The Morgan fingerprint density at radius 1 is 0.737 bits per heavy atom. The molecule has 1 amide bonds. The summed E-state index contributed by atoms with van der Waals surface area (Å²) in [7, 11) is 2.50. The van der Waals surface area contributed by atoms with Gasteiger partial charge >= 0.3 is 181 Å². The van der Waals surface area contributed by atoms with Gasteiger partial charge in [0.25, 0.3) is 5.56 Å². The van der Waals surface area contributed by atoms with Crippen LogP contribution in [-0.4, -0.2) is 66.1 Å². The molecular formula is C52H49F2I9KN8O4-. The van der Waals surface area contributed by atoms with E-state index in [9.17, 15) is 18.4 Å². The van der Waals surface area contributed by atoms with Crippen LogP contribution in [0.15, 0.2) is 131 Å². The molecular weight excluding hydrogens is 2020 g/mol. The van der Waals surface area contributed by atoms with Crippen LogP contribution in [0.4, 0.5) is 8.78 Å². The van der Waals surface area contributed by atoms with Crippen LogP contribution < -0.4 is 79.7 Å². The molecule has 1 unspecified atom stereocenters. The Balaban J connectivity index is 0.000000211. The largest absolute Gasteiger partial charge is 1.00 e.